The summed E-state index contributed by atoms with van der Waals surface area (Å²) in [7, 11) is 0. The van der Waals surface area contributed by atoms with Gasteiger partial charge in [0.1, 0.15) is 12.0 Å². The lowest BCUT2D eigenvalue weighted by Crippen LogP contribution is -2.39. The highest BCUT2D eigenvalue weighted by Crippen LogP contribution is 2.17. The Bertz CT molecular complexity index is 846. The molecule has 1 N–H and O–H groups in total. The molecule has 1 amide bonds. The first kappa shape index (κ1) is 15.4. The lowest BCUT2D eigenvalue weighted by Gasteiger charge is -2.26. The number of nitrogens with one attached hydrogen (secondary N) is 1. The van der Waals surface area contributed by atoms with Gasteiger partial charge in [-0.1, -0.05) is 11.3 Å². The zero-order valence-corrected chi connectivity index (χ0v) is 13.4. The number of hydrogen-bond acceptors (Lipinski definition) is 7. The first-order valence-electron chi connectivity index (χ1n) is 7.84. The van der Waals surface area contributed by atoms with Gasteiger partial charge in [-0.15, -0.1) is 5.10 Å². The van der Waals surface area contributed by atoms with Crippen molar-refractivity contribution in [3.63, 3.8) is 0 Å². The van der Waals surface area contributed by atoms with E-state index < -0.39 is 0 Å². The van der Waals surface area contributed by atoms with E-state index in [4.69, 9.17) is 4.74 Å². The van der Waals surface area contributed by atoms with Gasteiger partial charge in [-0.3, -0.25) is 14.9 Å². The molecule has 1 aliphatic heterocycles. The van der Waals surface area contributed by atoms with Crippen molar-refractivity contribution in [2.24, 2.45) is 0 Å². The summed E-state index contributed by atoms with van der Waals surface area (Å²) < 4.78 is 7.52. The molecular weight excluding hydrogens is 324 g/mol. The van der Waals surface area contributed by atoms with Crippen LogP contribution in [0.3, 0.4) is 0 Å². The molecule has 0 radical (unpaired) electrons. The average molecular weight is 340 g/mol. The Kier molecular flexibility index (Phi) is 4.17. The molecule has 0 bridgehead atoms. The summed E-state index contributed by atoms with van der Waals surface area (Å²) in [6, 6.07) is 3.82. The molecule has 25 heavy (non-hydrogen) atoms. The van der Waals surface area contributed by atoms with Crippen molar-refractivity contribution >= 4 is 5.91 Å². The van der Waals surface area contributed by atoms with Gasteiger partial charge in [0.15, 0.2) is 0 Å². The number of aromatic amines is 1. The van der Waals surface area contributed by atoms with Crippen LogP contribution in [0.25, 0.3) is 0 Å². The molecule has 0 spiro atoms. The second-order valence-corrected chi connectivity index (χ2v) is 5.62. The third-order valence-corrected chi connectivity index (χ3v) is 3.98. The number of nitrogens with zero attached hydrogens (tertiary/aromatic N) is 7. The minimum absolute atomic E-state index is 0.188. The molecule has 0 fully saturated rings. The van der Waals surface area contributed by atoms with E-state index in [1.54, 1.807) is 17.3 Å². The van der Waals surface area contributed by atoms with Crippen molar-refractivity contribution in [2.75, 3.05) is 6.54 Å². The molecule has 0 saturated heterocycles. The van der Waals surface area contributed by atoms with Crippen LogP contribution in [0.15, 0.2) is 30.9 Å². The van der Waals surface area contributed by atoms with Gasteiger partial charge >= 0.3 is 0 Å². The van der Waals surface area contributed by atoms with Crippen LogP contribution >= 0.6 is 0 Å². The largest absolute Gasteiger partial charge is 0.370 e. The predicted molar refractivity (Wildman–Crippen MR) is 83.9 cm³/mol. The fraction of sp³-hybridized carbons (Fsp3) is 0.333. The number of pyridine rings is 1. The second kappa shape index (κ2) is 6.77. The van der Waals surface area contributed by atoms with Gasteiger partial charge in [0, 0.05) is 18.9 Å². The molecule has 128 valence electrons. The average Bonchev–Trinajstić information content (AvgIpc) is 3.32. The van der Waals surface area contributed by atoms with Crippen molar-refractivity contribution in [2.45, 2.75) is 26.3 Å². The monoisotopic (exact) mass is 340 g/mol. The van der Waals surface area contributed by atoms with Crippen LogP contribution in [-0.2, 0) is 31.0 Å². The lowest BCUT2D eigenvalue weighted by atomic mass is 10.2. The topological polar surface area (TPSA) is 115 Å². The normalized spacial score (nSPS) is 13.7. The fourth-order valence-electron chi connectivity index (χ4n) is 2.69. The molecule has 3 aromatic rings. The highest BCUT2D eigenvalue weighted by atomic mass is 16.5. The van der Waals surface area contributed by atoms with Crippen LogP contribution in [0.2, 0.25) is 0 Å². The molecule has 0 aliphatic carbocycles. The highest BCUT2D eigenvalue weighted by Gasteiger charge is 2.26. The minimum atomic E-state index is -0.188. The summed E-state index contributed by atoms with van der Waals surface area (Å²) in [5.74, 6) is 0.0440. The number of carbonyl (C=O) groups is 1. The van der Waals surface area contributed by atoms with Crippen LogP contribution < -0.4 is 0 Å². The molecule has 0 aromatic carbocycles. The lowest BCUT2D eigenvalue weighted by molar-refractivity contribution is 0.0687. The Morgan fingerprint density at radius 1 is 1.32 bits per heavy atom. The maximum atomic E-state index is 12.4. The van der Waals surface area contributed by atoms with Crippen LogP contribution in [0.4, 0.5) is 0 Å². The predicted octanol–water partition coefficient (Wildman–Crippen LogP) is 0.164. The molecule has 0 atom stereocenters. The summed E-state index contributed by atoms with van der Waals surface area (Å²) in [4.78, 5) is 22.1. The summed E-state index contributed by atoms with van der Waals surface area (Å²) >= 11 is 0. The zero-order valence-electron chi connectivity index (χ0n) is 13.4. The SMILES string of the molecule is O=C(c1ncn[nH]1)N1CCn2nnc(COCc3cccnc3)c2C1. The van der Waals surface area contributed by atoms with Gasteiger partial charge in [-0.25, -0.2) is 9.67 Å². The third kappa shape index (κ3) is 3.24. The molecule has 4 rings (SSSR count). The summed E-state index contributed by atoms with van der Waals surface area (Å²) in [6.45, 7) is 2.32. The first-order valence-corrected chi connectivity index (χ1v) is 7.84. The van der Waals surface area contributed by atoms with E-state index >= 15 is 0 Å². The molecule has 10 nitrogen and oxygen atoms in total. The smallest absolute Gasteiger partial charge is 0.291 e. The van der Waals surface area contributed by atoms with Gasteiger partial charge in [0.25, 0.3) is 5.91 Å². The molecule has 3 aromatic heterocycles. The Hall–Kier alpha value is -3.14. The number of hydrogen-bond donors (Lipinski definition) is 1. The Morgan fingerprint density at radius 2 is 2.28 bits per heavy atom. The zero-order chi connectivity index (χ0) is 17.1. The number of fused-ring (bicyclic) bond motifs is 1. The number of H-pyrrole nitrogens is 1. The van der Waals surface area contributed by atoms with E-state index in [0.29, 0.717) is 32.8 Å². The van der Waals surface area contributed by atoms with Crippen LogP contribution in [0.5, 0.6) is 0 Å². The number of carbonyl (C=O) groups excluding carboxylic acids is 1. The van der Waals surface area contributed by atoms with Crippen molar-refractivity contribution in [3.8, 4) is 0 Å². The number of aromatic nitrogens is 7. The maximum Gasteiger partial charge on any atom is 0.291 e. The number of rotatable bonds is 5. The van der Waals surface area contributed by atoms with Gasteiger partial charge in [0.05, 0.1) is 32.0 Å². The van der Waals surface area contributed by atoms with Gasteiger partial charge < -0.3 is 9.64 Å². The quantitative estimate of drug-likeness (QED) is 0.703. The maximum absolute atomic E-state index is 12.4. The van der Waals surface area contributed by atoms with Crippen molar-refractivity contribution < 1.29 is 9.53 Å². The molecule has 4 heterocycles. The molecule has 0 saturated carbocycles. The number of amides is 1. The van der Waals surface area contributed by atoms with Gasteiger partial charge in [-0.2, -0.15) is 5.10 Å². The van der Waals surface area contributed by atoms with E-state index in [2.05, 4.69) is 30.5 Å². The molecule has 10 heteroatoms. The van der Waals surface area contributed by atoms with E-state index in [0.717, 1.165) is 17.0 Å². The summed E-state index contributed by atoms with van der Waals surface area (Å²) in [5, 5.41) is 14.6. The molecule has 0 unspecified atom stereocenters. The highest BCUT2D eigenvalue weighted by molar-refractivity contribution is 5.90. The minimum Gasteiger partial charge on any atom is -0.370 e. The van der Waals surface area contributed by atoms with Crippen LogP contribution in [-0.4, -0.2) is 52.5 Å². The van der Waals surface area contributed by atoms with E-state index in [9.17, 15) is 4.79 Å². The third-order valence-electron chi connectivity index (χ3n) is 3.98. The number of ether oxygens (including phenoxy) is 1. The Labute approximate surface area is 142 Å². The standard InChI is InChI=1S/C15H16N8O2/c24-15(14-17-10-18-20-14)22-4-5-23-13(7-22)12(19-21-23)9-25-8-11-2-1-3-16-6-11/h1-3,6,10H,4-5,7-9H2,(H,17,18,20). The second-order valence-electron chi connectivity index (χ2n) is 5.62. The summed E-state index contributed by atoms with van der Waals surface area (Å²) in [6.07, 6.45) is 4.80. The van der Waals surface area contributed by atoms with Crippen molar-refractivity contribution in [3.05, 3.63) is 53.6 Å². The Morgan fingerprint density at radius 3 is 3.08 bits per heavy atom. The van der Waals surface area contributed by atoms with E-state index in [1.165, 1.54) is 6.33 Å². The fourth-order valence-corrected chi connectivity index (χ4v) is 2.69. The molecular formula is C15H16N8O2. The van der Waals surface area contributed by atoms with Crippen molar-refractivity contribution in [1.82, 2.24) is 40.1 Å². The van der Waals surface area contributed by atoms with Crippen LogP contribution in [0, 0.1) is 0 Å². The van der Waals surface area contributed by atoms with Crippen LogP contribution in [0.1, 0.15) is 27.6 Å². The first-order chi connectivity index (χ1) is 12.3. The summed E-state index contributed by atoms with van der Waals surface area (Å²) in [5.41, 5.74) is 2.61. The molecule has 1 aliphatic rings. The van der Waals surface area contributed by atoms with Crippen molar-refractivity contribution in [1.29, 1.82) is 0 Å². The van der Waals surface area contributed by atoms with E-state index in [1.807, 2.05) is 16.8 Å². The van der Waals surface area contributed by atoms with Gasteiger partial charge in [-0.05, 0) is 11.6 Å². The van der Waals surface area contributed by atoms with E-state index in [-0.39, 0.29) is 11.7 Å². The van der Waals surface area contributed by atoms with Gasteiger partial charge in [0.2, 0.25) is 5.82 Å². The Balaban J connectivity index is 1.41.